The van der Waals surface area contributed by atoms with Crippen molar-refractivity contribution in [2.45, 2.75) is 39.3 Å². The van der Waals surface area contributed by atoms with E-state index in [-0.39, 0.29) is 11.4 Å². The molecule has 0 aromatic heterocycles. The number of hydrogen-bond donors (Lipinski definition) is 1. The quantitative estimate of drug-likeness (QED) is 0.850. The lowest BCUT2D eigenvalue weighted by Crippen LogP contribution is -2.38. The van der Waals surface area contributed by atoms with Gasteiger partial charge in [0.2, 0.25) is 5.91 Å². The molecule has 0 aliphatic rings. The average molecular weight is 357 g/mol. The maximum absolute atomic E-state index is 12.2. The number of ether oxygens (including phenoxy) is 1. The van der Waals surface area contributed by atoms with E-state index in [2.05, 4.69) is 42.0 Å². The number of amides is 1. The van der Waals surface area contributed by atoms with Gasteiger partial charge in [0.15, 0.2) is 0 Å². The number of methoxy groups -OCH3 is 1. The third kappa shape index (κ3) is 6.48. The van der Waals surface area contributed by atoms with Crippen LogP contribution >= 0.6 is 15.9 Å². The second kappa shape index (κ2) is 7.80. The predicted octanol–water partition coefficient (Wildman–Crippen LogP) is 3.19. The summed E-state index contributed by atoms with van der Waals surface area (Å²) in [5.41, 5.74) is 1.03. The second-order valence-electron chi connectivity index (χ2n) is 6.13. The SMILES string of the molecule is COc1ccc(Br)cc1CN(C)C(=O)CCNC(C)(C)C. The van der Waals surface area contributed by atoms with Gasteiger partial charge in [-0.25, -0.2) is 0 Å². The minimum Gasteiger partial charge on any atom is -0.496 e. The molecule has 0 aliphatic carbocycles. The fourth-order valence-electron chi connectivity index (χ4n) is 1.95. The zero-order valence-electron chi connectivity index (χ0n) is 13.5. The molecule has 0 radical (unpaired) electrons. The molecule has 4 nitrogen and oxygen atoms in total. The Bertz CT molecular complexity index is 484. The van der Waals surface area contributed by atoms with Crippen LogP contribution in [0.25, 0.3) is 0 Å². The summed E-state index contributed by atoms with van der Waals surface area (Å²) in [6.07, 6.45) is 0.490. The molecule has 1 aromatic rings. The van der Waals surface area contributed by atoms with Gasteiger partial charge in [-0.15, -0.1) is 0 Å². The van der Waals surface area contributed by atoms with E-state index in [4.69, 9.17) is 4.74 Å². The summed E-state index contributed by atoms with van der Waals surface area (Å²) < 4.78 is 6.32. The zero-order valence-corrected chi connectivity index (χ0v) is 15.1. The predicted molar refractivity (Wildman–Crippen MR) is 89.5 cm³/mol. The van der Waals surface area contributed by atoms with Gasteiger partial charge in [0.1, 0.15) is 5.75 Å². The molecule has 0 saturated carbocycles. The summed E-state index contributed by atoms with van der Waals surface area (Å²) in [5.74, 6) is 0.916. The fraction of sp³-hybridized carbons (Fsp3) is 0.562. The van der Waals surface area contributed by atoms with E-state index in [1.165, 1.54) is 0 Å². The summed E-state index contributed by atoms with van der Waals surface area (Å²) in [7, 11) is 3.46. The van der Waals surface area contributed by atoms with Crippen molar-refractivity contribution < 1.29 is 9.53 Å². The maximum Gasteiger partial charge on any atom is 0.223 e. The monoisotopic (exact) mass is 356 g/mol. The third-order valence-corrected chi connectivity index (χ3v) is 3.56. The fourth-order valence-corrected chi connectivity index (χ4v) is 2.36. The van der Waals surface area contributed by atoms with Gasteiger partial charge >= 0.3 is 0 Å². The summed E-state index contributed by atoms with van der Waals surface area (Å²) in [5, 5.41) is 3.32. The van der Waals surface area contributed by atoms with Crippen molar-refractivity contribution >= 4 is 21.8 Å². The Balaban J connectivity index is 2.58. The van der Waals surface area contributed by atoms with Gasteiger partial charge in [-0.2, -0.15) is 0 Å². The van der Waals surface area contributed by atoms with Crippen molar-refractivity contribution in [3.05, 3.63) is 28.2 Å². The van der Waals surface area contributed by atoms with Crippen LogP contribution in [0.5, 0.6) is 5.75 Å². The Morgan fingerprint density at radius 3 is 2.62 bits per heavy atom. The van der Waals surface area contributed by atoms with Gasteiger partial charge in [-0.3, -0.25) is 4.79 Å². The van der Waals surface area contributed by atoms with E-state index in [1.807, 2.05) is 25.2 Å². The lowest BCUT2D eigenvalue weighted by molar-refractivity contribution is -0.130. The van der Waals surface area contributed by atoms with Crippen LogP contribution in [0.4, 0.5) is 0 Å². The molecule has 1 rings (SSSR count). The van der Waals surface area contributed by atoms with E-state index < -0.39 is 0 Å². The van der Waals surface area contributed by atoms with Gasteiger partial charge in [0, 0.05) is 42.1 Å². The van der Waals surface area contributed by atoms with Crippen LogP contribution in [0.2, 0.25) is 0 Å². The van der Waals surface area contributed by atoms with Crippen molar-refractivity contribution in [2.75, 3.05) is 20.7 Å². The minimum atomic E-state index is 0.0341. The van der Waals surface area contributed by atoms with Crippen molar-refractivity contribution in [1.29, 1.82) is 0 Å². The first-order chi connectivity index (χ1) is 9.73. The first-order valence-electron chi connectivity index (χ1n) is 7.04. The molecule has 0 aliphatic heterocycles. The molecule has 1 N–H and O–H groups in total. The van der Waals surface area contributed by atoms with Gasteiger partial charge in [-0.1, -0.05) is 15.9 Å². The summed E-state index contributed by atoms with van der Waals surface area (Å²) in [4.78, 5) is 13.9. The highest BCUT2D eigenvalue weighted by Crippen LogP contribution is 2.24. The molecule has 0 spiro atoms. The Morgan fingerprint density at radius 1 is 1.38 bits per heavy atom. The summed E-state index contributed by atoms with van der Waals surface area (Å²) in [6, 6.07) is 5.81. The molecular weight excluding hydrogens is 332 g/mol. The Labute approximate surface area is 136 Å². The Morgan fingerprint density at radius 2 is 2.05 bits per heavy atom. The number of nitrogens with zero attached hydrogens (tertiary/aromatic N) is 1. The number of rotatable bonds is 6. The molecule has 1 aromatic carbocycles. The van der Waals surface area contributed by atoms with Gasteiger partial charge in [0.25, 0.3) is 0 Å². The molecule has 1 amide bonds. The van der Waals surface area contributed by atoms with Crippen molar-refractivity contribution in [2.24, 2.45) is 0 Å². The lowest BCUT2D eigenvalue weighted by atomic mass is 10.1. The molecule has 21 heavy (non-hydrogen) atoms. The van der Waals surface area contributed by atoms with Crippen molar-refractivity contribution in [3.8, 4) is 5.75 Å². The number of carbonyl (C=O) groups is 1. The van der Waals surface area contributed by atoms with Crippen LogP contribution in [-0.4, -0.2) is 37.0 Å². The maximum atomic E-state index is 12.2. The van der Waals surface area contributed by atoms with Crippen molar-refractivity contribution in [3.63, 3.8) is 0 Å². The standard InChI is InChI=1S/C16H25BrN2O2/c1-16(2,3)18-9-8-15(20)19(4)11-12-10-13(17)6-7-14(12)21-5/h6-7,10,18H,8-9,11H2,1-5H3. The second-order valence-corrected chi connectivity index (χ2v) is 7.05. The van der Waals surface area contributed by atoms with Crippen molar-refractivity contribution in [1.82, 2.24) is 10.2 Å². The van der Waals surface area contributed by atoms with Gasteiger partial charge < -0.3 is 15.0 Å². The Hall–Kier alpha value is -1.07. The molecule has 0 unspecified atom stereocenters. The van der Waals surface area contributed by atoms with Gasteiger partial charge in [-0.05, 0) is 39.0 Å². The lowest BCUT2D eigenvalue weighted by Gasteiger charge is -2.22. The highest BCUT2D eigenvalue weighted by Gasteiger charge is 2.14. The number of nitrogens with one attached hydrogen (secondary N) is 1. The first-order valence-corrected chi connectivity index (χ1v) is 7.83. The highest BCUT2D eigenvalue weighted by molar-refractivity contribution is 9.10. The highest BCUT2D eigenvalue weighted by atomic mass is 79.9. The van der Waals surface area contributed by atoms with E-state index in [0.29, 0.717) is 19.5 Å². The normalized spacial score (nSPS) is 11.3. The third-order valence-electron chi connectivity index (χ3n) is 3.07. The van der Waals surface area contributed by atoms with Crippen LogP contribution in [0.15, 0.2) is 22.7 Å². The van der Waals surface area contributed by atoms with Crippen LogP contribution in [-0.2, 0) is 11.3 Å². The molecule has 0 fully saturated rings. The summed E-state index contributed by atoms with van der Waals surface area (Å²) >= 11 is 3.45. The molecule has 0 saturated heterocycles. The number of halogens is 1. The topological polar surface area (TPSA) is 41.6 Å². The largest absolute Gasteiger partial charge is 0.496 e. The average Bonchev–Trinajstić information content (AvgIpc) is 2.37. The number of hydrogen-bond acceptors (Lipinski definition) is 3. The van der Waals surface area contributed by atoms with E-state index in [1.54, 1.807) is 12.0 Å². The molecular formula is C16H25BrN2O2. The molecule has 118 valence electrons. The number of carbonyl (C=O) groups excluding carboxylic acids is 1. The summed E-state index contributed by atoms with van der Waals surface area (Å²) in [6.45, 7) is 7.49. The van der Waals surface area contributed by atoms with Crippen LogP contribution in [0, 0.1) is 0 Å². The van der Waals surface area contributed by atoms with Crippen LogP contribution < -0.4 is 10.1 Å². The van der Waals surface area contributed by atoms with E-state index in [0.717, 1.165) is 15.8 Å². The molecule has 0 bridgehead atoms. The molecule has 0 atom stereocenters. The van der Waals surface area contributed by atoms with Crippen LogP contribution in [0.3, 0.4) is 0 Å². The van der Waals surface area contributed by atoms with E-state index in [9.17, 15) is 4.79 Å². The number of benzene rings is 1. The smallest absolute Gasteiger partial charge is 0.223 e. The molecule has 5 heteroatoms. The first kappa shape index (κ1) is 18.0. The van der Waals surface area contributed by atoms with Crippen LogP contribution in [0.1, 0.15) is 32.8 Å². The van der Waals surface area contributed by atoms with Gasteiger partial charge in [0.05, 0.1) is 7.11 Å². The Kier molecular flexibility index (Phi) is 6.68. The van der Waals surface area contributed by atoms with E-state index >= 15 is 0 Å². The molecule has 0 heterocycles. The zero-order chi connectivity index (χ0) is 16.0. The minimum absolute atomic E-state index is 0.0341.